The highest BCUT2D eigenvalue weighted by atomic mass is 35.5. The molecule has 2 aromatic heterocycles. The molecular formula is C12H10Cl2N6. The summed E-state index contributed by atoms with van der Waals surface area (Å²) in [5, 5.41) is 7.16. The first-order chi connectivity index (χ1) is 9.67. The molecule has 6 nitrogen and oxygen atoms in total. The van der Waals surface area contributed by atoms with E-state index in [9.17, 15) is 0 Å². The number of nitrogens with one attached hydrogen (secondary N) is 3. The van der Waals surface area contributed by atoms with Gasteiger partial charge in [-0.1, -0.05) is 23.2 Å². The van der Waals surface area contributed by atoms with Gasteiger partial charge in [0.05, 0.1) is 17.0 Å². The Balaban J connectivity index is 2.09. The fourth-order valence-corrected chi connectivity index (χ4v) is 2.09. The lowest BCUT2D eigenvalue weighted by molar-refractivity contribution is 1.18. The summed E-state index contributed by atoms with van der Waals surface area (Å²) in [6.45, 7) is 0. The van der Waals surface area contributed by atoms with Gasteiger partial charge in [0, 0.05) is 12.1 Å². The molecule has 2 heterocycles. The normalized spacial score (nSPS) is 10.8. The molecule has 3 N–H and O–H groups in total. The van der Waals surface area contributed by atoms with E-state index >= 15 is 0 Å². The number of aromatic nitrogens is 4. The third-order valence-electron chi connectivity index (χ3n) is 2.69. The molecular weight excluding hydrogens is 299 g/mol. The van der Waals surface area contributed by atoms with Gasteiger partial charge in [0.2, 0.25) is 5.95 Å². The minimum atomic E-state index is 0.463. The molecule has 0 aliphatic heterocycles. The molecule has 102 valence electrons. The molecule has 0 saturated heterocycles. The Labute approximate surface area is 124 Å². The summed E-state index contributed by atoms with van der Waals surface area (Å²) in [5.41, 5.74) is 1.92. The average molecular weight is 309 g/mol. The quantitative estimate of drug-likeness (QED) is 0.690. The van der Waals surface area contributed by atoms with Gasteiger partial charge in [0.1, 0.15) is 5.52 Å². The number of H-pyrrole nitrogens is 1. The van der Waals surface area contributed by atoms with Gasteiger partial charge in [-0.15, -0.1) is 0 Å². The van der Waals surface area contributed by atoms with Crippen molar-refractivity contribution in [3.8, 4) is 0 Å². The van der Waals surface area contributed by atoms with Crippen LogP contribution < -0.4 is 10.6 Å². The number of rotatable bonds is 3. The maximum absolute atomic E-state index is 6.14. The second-order valence-electron chi connectivity index (χ2n) is 4.00. The number of nitrogens with zero attached hydrogens (tertiary/aromatic N) is 3. The highest BCUT2D eigenvalue weighted by molar-refractivity contribution is 6.35. The van der Waals surface area contributed by atoms with Crippen molar-refractivity contribution in [3.05, 3.63) is 34.6 Å². The maximum Gasteiger partial charge on any atom is 0.226 e. The minimum absolute atomic E-state index is 0.463. The Morgan fingerprint density at radius 2 is 2.05 bits per heavy atom. The van der Waals surface area contributed by atoms with E-state index in [-0.39, 0.29) is 0 Å². The predicted molar refractivity (Wildman–Crippen MR) is 81.0 cm³/mol. The zero-order valence-electron chi connectivity index (χ0n) is 10.4. The zero-order chi connectivity index (χ0) is 14.1. The van der Waals surface area contributed by atoms with Gasteiger partial charge >= 0.3 is 0 Å². The molecule has 8 heteroatoms. The Kier molecular flexibility index (Phi) is 3.33. The van der Waals surface area contributed by atoms with Crippen molar-refractivity contribution in [2.45, 2.75) is 0 Å². The number of fused-ring (bicyclic) bond motifs is 1. The highest BCUT2D eigenvalue weighted by Gasteiger charge is 2.11. The van der Waals surface area contributed by atoms with Gasteiger partial charge < -0.3 is 15.6 Å². The van der Waals surface area contributed by atoms with Crippen LogP contribution in [0.25, 0.3) is 11.2 Å². The summed E-state index contributed by atoms with van der Waals surface area (Å²) in [6, 6.07) is 5.17. The SMILES string of the molecule is CNc1nc(Nc2cc(Cl)ccc2Cl)c2[nH]cnc2n1. The number of hydrogen-bond donors (Lipinski definition) is 3. The number of anilines is 3. The van der Waals surface area contributed by atoms with Crippen LogP contribution in [0.2, 0.25) is 10.0 Å². The molecule has 20 heavy (non-hydrogen) atoms. The topological polar surface area (TPSA) is 78.5 Å². The van der Waals surface area contributed by atoms with Crippen molar-refractivity contribution in [1.82, 2.24) is 19.9 Å². The van der Waals surface area contributed by atoms with E-state index in [1.807, 2.05) is 0 Å². The summed E-state index contributed by atoms with van der Waals surface area (Å²) in [7, 11) is 1.74. The lowest BCUT2D eigenvalue weighted by Gasteiger charge is -2.09. The van der Waals surface area contributed by atoms with Crippen LogP contribution in [0.1, 0.15) is 0 Å². The zero-order valence-corrected chi connectivity index (χ0v) is 11.9. The molecule has 0 bridgehead atoms. The summed E-state index contributed by atoms with van der Waals surface area (Å²) >= 11 is 12.1. The molecule has 0 saturated carbocycles. The molecule has 0 unspecified atom stereocenters. The Hall–Kier alpha value is -2.05. The molecule has 0 atom stereocenters. The van der Waals surface area contributed by atoms with Crippen molar-refractivity contribution in [2.75, 3.05) is 17.7 Å². The number of halogens is 2. The monoisotopic (exact) mass is 308 g/mol. The largest absolute Gasteiger partial charge is 0.357 e. The summed E-state index contributed by atoms with van der Waals surface area (Å²) in [6.07, 6.45) is 1.56. The number of imidazole rings is 1. The van der Waals surface area contributed by atoms with Gasteiger partial charge in [-0.2, -0.15) is 9.97 Å². The Bertz CT molecular complexity index is 770. The smallest absolute Gasteiger partial charge is 0.226 e. The van der Waals surface area contributed by atoms with Gasteiger partial charge in [0.15, 0.2) is 11.5 Å². The van der Waals surface area contributed by atoms with E-state index in [0.29, 0.717) is 38.7 Å². The first-order valence-corrected chi connectivity index (χ1v) is 6.54. The lowest BCUT2D eigenvalue weighted by Crippen LogP contribution is -2.02. The summed E-state index contributed by atoms with van der Waals surface area (Å²) < 4.78 is 0. The Morgan fingerprint density at radius 1 is 1.20 bits per heavy atom. The van der Waals surface area contributed by atoms with Gasteiger partial charge in [-0.3, -0.25) is 0 Å². The van der Waals surface area contributed by atoms with E-state index in [1.165, 1.54) is 0 Å². The highest BCUT2D eigenvalue weighted by Crippen LogP contribution is 2.30. The molecule has 3 aromatic rings. The van der Waals surface area contributed by atoms with Crippen molar-refractivity contribution in [3.63, 3.8) is 0 Å². The van der Waals surface area contributed by atoms with Crippen molar-refractivity contribution in [2.24, 2.45) is 0 Å². The molecule has 0 aliphatic carbocycles. The van der Waals surface area contributed by atoms with Crippen LogP contribution in [0, 0.1) is 0 Å². The lowest BCUT2D eigenvalue weighted by atomic mass is 10.3. The van der Waals surface area contributed by atoms with Crippen LogP contribution in [-0.2, 0) is 0 Å². The minimum Gasteiger partial charge on any atom is -0.357 e. The standard InChI is InChI=1S/C12H10Cl2N6/c1-15-12-19-10-9(16-5-17-10)11(20-12)18-8-4-6(13)2-3-7(8)14/h2-5H,1H3,(H3,15,16,17,18,19,20). The van der Waals surface area contributed by atoms with E-state index in [2.05, 4.69) is 30.6 Å². The first-order valence-electron chi connectivity index (χ1n) is 5.78. The summed E-state index contributed by atoms with van der Waals surface area (Å²) in [5.74, 6) is 1.03. The molecule has 0 aliphatic rings. The van der Waals surface area contributed by atoms with Gasteiger partial charge in [-0.25, -0.2) is 4.98 Å². The van der Waals surface area contributed by atoms with Crippen LogP contribution in [0.4, 0.5) is 17.5 Å². The number of hydrogen-bond acceptors (Lipinski definition) is 5. The van der Waals surface area contributed by atoms with Crippen molar-refractivity contribution < 1.29 is 0 Å². The molecule has 0 amide bonds. The van der Waals surface area contributed by atoms with Crippen LogP contribution in [0.5, 0.6) is 0 Å². The van der Waals surface area contributed by atoms with Crippen molar-refractivity contribution >= 4 is 51.8 Å². The summed E-state index contributed by atoms with van der Waals surface area (Å²) in [4.78, 5) is 15.7. The van der Waals surface area contributed by atoms with Crippen LogP contribution in [-0.4, -0.2) is 27.0 Å². The third-order valence-corrected chi connectivity index (χ3v) is 3.26. The maximum atomic E-state index is 6.14. The fraction of sp³-hybridized carbons (Fsp3) is 0.0833. The van der Waals surface area contributed by atoms with Crippen LogP contribution in [0.3, 0.4) is 0 Å². The van der Waals surface area contributed by atoms with Crippen molar-refractivity contribution in [1.29, 1.82) is 0 Å². The third kappa shape index (κ3) is 2.35. The van der Waals surface area contributed by atoms with E-state index < -0.39 is 0 Å². The first kappa shape index (κ1) is 13.0. The molecule has 0 radical (unpaired) electrons. The fourth-order valence-electron chi connectivity index (χ4n) is 1.76. The van der Waals surface area contributed by atoms with Crippen LogP contribution >= 0.6 is 23.2 Å². The van der Waals surface area contributed by atoms with Gasteiger partial charge in [0.25, 0.3) is 0 Å². The number of benzene rings is 1. The average Bonchev–Trinajstić information content (AvgIpc) is 2.91. The molecule has 1 aromatic carbocycles. The van der Waals surface area contributed by atoms with Gasteiger partial charge in [-0.05, 0) is 18.2 Å². The molecule has 0 fully saturated rings. The van der Waals surface area contributed by atoms with E-state index in [0.717, 1.165) is 0 Å². The second-order valence-corrected chi connectivity index (χ2v) is 4.84. The number of aromatic amines is 1. The second kappa shape index (κ2) is 5.15. The molecule has 0 spiro atoms. The predicted octanol–water partition coefficient (Wildman–Crippen LogP) is 3.45. The van der Waals surface area contributed by atoms with Crippen LogP contribution in [0.15, 0.2) is 24.5 Å². The Morgan fingerprint density at radius 3 is 2.85 bits per heavy atom. The van der Waals surface area contributed by atoms with E-state index in [4.69, 9.17) is 23.2 Å². The molecule has 3 rings (SSSR count). The van der Waals surface area contributed by atoms with E-state index in [1.54, 1.807) is 31.6 Å².